The number of carbonyl (C=O) groups is 1. The fourth-order valence-corrected chi connectivity index (χ4v) is 10.1. The van der Waals surface area contributed by atoms with Crippen molar-refractivity contribution in [2.45, 2.75) is 140 Å². The molecule has 63 heavy (non-hydrogen) atoms. The molecule has 2 aromatic rings. The molecule has 6 rings (SSSR count). The van der Waals surface area contributed by atoms with Gasteiger partial charge in [0.25, 0.3) is 0 Å². The zero-order valence-electron chi connectivity index (χ0n) is 38.4. The van der Waals surface area contributed by atoms with Crippen LogP contribution in [0.2, 0.25) is 0 Å². The summed E-state index contributed by atoms with van der Waals surface area (Å²) in [4.78, 5) is 24.5. The van der Waals surface area contributed by atoms with Gasteiger partial charge in [0.15, 0.2) is 0 Å². The Morgan fingerprint density at radius 3 is 2.33 bits per heavy atom. The SMILES string of the molecule is C=CCOC12Oc3ccc(OCCN4CC4)cc3C3C(CCCCO)C(CCCCO)C=C(C(=NOCc4ccccc4)CC1N(C)C(=O)OCCCCCCCCCCCC)C32. The molecule has 2 heterocycles. The molecule has 2 N–H and O–H groups in total. The van der Waals surface area contributed by atoms with Crippen LogP contribution in [0, 0.1) is 17.8 Å². The van der Waals surface area contributed by atoms with Crippen molar-refractivity contribution >= 4 is 11.8 Å². The number of allylic oxidation sites excluding steroid dienone is 1. The zero-order valence-corrected chi connectivity index (χ0v) is 38.4. The van der Waals surface area contributed by atoms with Crippen LogP contribution in [0.5, 0.6) is 11.5 Å². The minimum Gasteiger partial charge on any atom is -0.492 e. The van der Waals surface area contributed by atoms with E-state index < -0.39 is 17.9 Å². The Labute approximate surface area is 377 Å². The summed E-state index contributed by atoms with van der Waals surface area (Å²) < 4.78 is 26.8. The molecule has 1 saturated carbocycles. The molecule has 348 valence electrons. The normalized spacial score (nSPS) is 24.2. The standard InChI is InChI=1S/C52H77N3O8/c1-4-6-7-8-9-10-11-12-13-21-34-60-51(58)54(3)48-38-46(53-62-39-40-22-15-14-16-23-40)44-36-41(24-17-19-31-56)43(25-18-20-32-57)49-45-37-42(59-35-30-55-28-29-55)26-27-47(45)63-52(48,50(44)49)61-33-5-2/h5,14-16,22-23,26-27,36-37,41,43,48-50,56-57H,2,4,6-13,17-21,24-25,28-35,38-39H2,1,3H3. The van der Waals surface area contributed by atoms with E-state index in [1.165, 1.54) is 44.9 Å². The molecule has 0 bridgehead atoms. The highest BCUT2D eigenvalue weighted by atomic mass is 16.7. The van der Waals surface area contributed by atoms with Crippen LogP contribution in [-0.4, -0.2) is 103 Å². The van der Waals surface area contributed by atoms with Crippen molar-refractivity contribution in [1.29, 1.82) is 0 Å². The number of hydrogen-bond donors (Lipinski definition) is 2. The van der Waals surface area contributed by atoms with Gasteiger partial charge in [0.05, 0.1) is 24.8 Å². The minimum absolute atomic E-state index is 0.120. The number of aliphatic hydroxyl groups is 2. The van der Waals surface area contributed by atoms with Crippen LogP contribution < -0.4 is 9.47 Å². The summed E-state index contributed by atoms with van der Waals surface area (Å²) in [5.41, 5.74) is 3.82. The van der Waals surface area contributed by atoms with E-state index >= 15 is 0 Å². The molecule has 11 nitrogen and oxygen atoms in total. The molecule has 0 aromatic heterocycles. The first kappa shape index (κ1) is 48.6. The van der Waals surface area contributed by atoms with E-state index in [9.17, 15) is 15.0 Å². The minimum atomic E-state index is -1.33. The number of hydrogen-bond acceptors (Lipinski definition) is 10. The first-order chi connectivity index (χ1) is 30.9. The molecule has 2 aromatic carbocycles. The Morgan fingerprint density at radius 2 is 1.63 bits per heavy atom. The number of unbranched alkanes of at least 4 members (excludes halogenated alkanes) is 11. The lowest BCUT2D eigenvalue weighted by molar-refractivity contribution is -0.253. The smallest absolute Gasteiger partial charge is 0.409 e. The zero-order chi connectivity index (χ0) is 44.3. The van der Waals surface area contributed by atoms with Gasteiger partial charge in [0.2, 0.25) is 5.79 Å². The Balaban J connectivity index is 1.35. The molecule has 0 spiro atoms. The Hall–Kier alpha value is -3.90. The highest BCUT2D eigenvalue weighted by Crippen LogP contribution is 2.61. The van der Waals surface area contributed by atoms with E-state index in [-0.39, 0.29) is 43.5 Å². The largest absolute Gasteiger partial charge is 0.492 e. The van der Waals surface area contributed by atoms with Crippen LogP contribution in [-0.2, 0) is 20.9 Å². The molecule has 4 aliphatic rings. The number of rotatable bonds is 30. The molecule has 2 aliphatic heterocycles. The number of benzene rings is 2. The van der Waals surface area contributed by atoms with E-state index in [0.29, 0.717) is 44.8 Å². The molecule has 2 fully saturated rings. The summed E-state index contributed by atoms with van der Waals surface area (Å²) in [7, 11) is 1.79. The third-order valence-corrected chi connectivity index (χ3v) is 13.6. The lowest BCUT2D eigenvalue weighted by atomic mass is 9.55. The summed E-state index contributed by atoms with van der Waals surface area (Å²) in [6.45, 7) is 11.1. The fourth-order valence-electron chi connectivity index (χ4n) is 10.1. The second-order valence-corrected chi connectivity index (χ2v) is 18.1. The predicted octanol–water partition coefficient (Wildman–Crippen LogP) is 10.2. The van der Waals surface area contributed by atoms with Crippen molar-refractivity contribution in [3.8, 4) is 11.5 Å². The van der Waals surface area contributed by atoms with Gasteiger partial charge >= 0.3 is 6.09 Å². The van der Waals surface area contributed by atoms with Crippen molar-refractivity contribution in [2.24, 2.45) is 22.9 Å². The lowest BCUT2D eigenvalue weighted by Gasteiger charge is -2.59. The van der Waals surface area contributed by atoms with Gasteiger partial charge in [0.1, 0.15) is 30.8 Å². The molecule has 0 radical (unpaired) electrons. The van der Waals surface area contributed by atoms with Gasteiger partial charge in [0, 0.05) is 57.8 Å². The van der Waals surface area contributed by atoms with Crippen LogP contribution in [0.1, 0.15) is 133 Å². The molecule has 11 heteroatoms. The molecule has 1 amide bonds. The van der Waals surface area contributed by atoms with Gasteiger partial charge in [-0.2, -0.15) is 0 Å². The highest BCUT2D eigenvalue weighted by molar-refractivity contribution is 6.02. The van der Waals surface area contributed by atoms with Crippen molar-refractivity contribution in [1.82, 2.24) is 9.80 Å². The van der Waals surface area contributed by atoms with E-state index in [4.69, 9.17) is 28.9 Å². The molecule has 6 atom stereocenters. The second kappa shape index (κ2) is 25.6. The topological polar surface area (TPSA) is 122 Å². The Kier molecular flexibility index (Phi) is 19.7. The van der Waals surface area contributed by atoms with E-state index in [0.717, 1.165) is 92.7 Å². The maximum atomic E-state index is 14.2. The summed E-state index contributed by atoms with van der Waals surface area (Å²) in [5, 5.41) is 24.8. The van der Waals surface area contributed by atoms with Crippen LogP contribution >= 0.6 is 0 Å². The molecular formula is C52H77N3O8. The van der Waals surface area contributed by atoms with Gasteiger partial charge < -0.3 is 38.9 Å². The third kappa shape index (κ3) is 13.3. The van der Waals surface area contributed by atoms with Crippen LogP contribution in [0.4, 0.5) is 4.79 Å². The number of nitrogens with zero attached hydrogens (tertiary/aromatic N) is 3. The number of amides is 1. The second-order valence-electron chi connectivity index (χ2n) is 18.1. The average molecular weight is 872 g/mol. The van der Waals surface area contributed by atoms with Crippen molar-refractivity contribution < 1.29 is 38.8 Å². The van der Waals surface area contributed by atoms with E-state index in [1.54, 1.807) is 18.0 Å². The Bertz CT molecular complexity index is 1750. The van der Waals surface area contributed by atoms with Crippen molar-refractivity contribution in [3.63, 3.8) is 0 Å². The highest BCUT2D eigenvalue weighted by Gasteiger charge is 2.65. The number of fused-ring (bicyclic) bond motifs is 2. The number of aliphatic hydroxyl groups excluding tert-OH is 2. The Morgan fingerprint density at radius 1 is 0.921 bits per heavy atom. The molecule has 6 unspecified atom stereocenters. The summed E-state index contributed by atoms with van der Waals surface area (Å²) in [6, 6.07) is 15.5. The van der Waals surface area contributed by atoms with Crippen LogP contribution in [0.25, 0.3) is 0 Å². The van der Waals surface area contributed by atoms with Crippen molar-refractivity contribution in [3.05, 3.63) is 84.0 Å². The summed E-state index contributed by atoms with van der Waals surface area (Å²) in [5.74, 6) is -0.0638. The molecule has 2 aliphatic carbocycles. The fraction of sp³-hybridized carbons (Fsp3) is 0.654. The van der Waals surface area contributed by atoms with E-state index in [2.05, 4.69) is 30.5 Å². The monoisotopic (exact) mass is 872 g/mol. The average Bonchev–Trinajstić information content (AvgIpc) is 4.13. The maximum Gasteiger partial charge on any atom is 0.409 e. The van der Waals surface area contributed by atoms with Crippen LogP contribution in [0.3, 0.4) is 0 Å². The third-order valence-electron chi connectivity index (χ3n) is 13.6. The van der Waals surface area contributed by atoms with Gasteiger partial charge in [-0.25, -0.2) is 4.79 Å². The predicted molar refractivity (Wildman–Crippen MR) is 249 cm³/mol. The number of carbonyl (C=O) groups excluding carboxylic acids is 1. The lowest BCUT2D eigenvalue weighted by Crippen LogP contribution is -2.69. The quantitative estimate of drug-likeness (QED) is 0.0342. The van der Waals surface area contributed by atoms with Gasteiger partial charge in [-0.15, -0.1) is 6.58 Å². The maximum absolute atomic E-state index is 14.2. The van der Waals surface area contributed by atoms with Gasteiger partial charge in [-0.3, -0.25) is 4.90 Å². The summed E-state index contributed by atoms with van der Waals surface area (Å²) >= 11 is 0. The first-order valence-corrected chi connectivity index (χ1v) is 24.4. The van der Waals surface area contributed by atoms with Gasteiger partial charge in [-0.05, 0) is 73.3 Å². The number of oxime groups is 1. The molecule has 1 saturated heterocycles. The number of likely N-dealkylation sites (N-methyl/N-ethyl adjacent to an activating group) is 1. The number of ether oxygens (including phenoxy) is 4. The van der Waals surface area contributed by atoms with E-state index in [1.807, 2.05) is 42.5 Å². The molecular weight excluding hydrogens is 795 g/mol. The van der Waals surface area contributed by atoms with Crippen molar-refractivity contribution in [2.75, 3.05) is 59.7 Å². The van der Waals surface area contributed by atoms with Gasteiger partial charge in [-0.1, -0.05) is 125 Å². The van der Waals surface area contributed by atoms with Crippen LogP contribution in [0.15, 0.2) is 78.0 Å². The summed E-state index contributed by atoms with van der Waals surface area (Å²) in [6.07, 6.45) is 20.9. The first-order valence-electron chi connectivity index (χ1n) is 24.4.